The molecule has 2 rings (SSSR count). The van der Waals surface area contributed by atoms with Crippen LogP contribution in [0.3, 0.4) is 0 Å². The third-order valence-corrected chi connectivity index (χ3v) is 5.24. The fourth-order valence-corrected chi connectivity index (χ4v) is 3.78. The third-order valence-electron chi connectivity index (χ3n) is 4.31. The predicted octanol–water partition coefficient (Wildman–Crippen LogP) is 2.80. The number of rotatable bonds is 7. The highest BCUT2D eigenvalue weighted by atomic mass is 127. The average Bonchev–Trinajstić information content (AvgIpc) is 3.12. The molecule has 1 aliphatic rings. The quantitative estimate of drug-likeness (QED) is 0.382. The molecule has 1 aromatic rings. The lowest BCUT2D eigenvalue weighted by molar-refractivity contribution is 0.290. The first kappa shape index (κ1) is 21.5. The van der Waals surface area contributed by atoms with Crippen LogP contribution in [0.5, 0.6) is 0 Å². The first-order valence-electron chi connectivity index (χ1n) is 8.74. The van der Waals surface area contributed by atoms with Gasteiger partial charge in [-0.15, -0.1) is 35.3 Å². The molecule has 2 heterocycles. The van der Waals surface area contributed by atoms with Crippen LogP contribution in [-0.2, 0) is 0 Å². The number of aliphatic imine (C=N–C) groups is 1. The molecule has 1 N–H and O–H groups in total. The molecule has 0 saturated carbocycles. The molecule has 1 aliphatic heterocycles. The summed E-state index contributed by atoms with van der Waals surface area (Å²) in [5, 5.41) is 7.06. The molecule has 24 heavy (non-hydrogen) atoms. The number of hydrogen-bond acceptors (Lipinski definition) is 4. The molecule has 0 unspecified atom stereocenters. The van der Waals surface area contributed by atoms with Crippen molar-refractivity contribution >= 4 is 46.3 Å². The second-order valence-electron chi connectivity index (χ2n) is 5.83. The molecule has 0 amide bonds. The standard InChI is InChI=1S/C17H31N5S.HI/c1-4-9-20(5-2)10-8-19-17(18-3)22-13-11-21(12-14-22)16-7-6-15-23-16;/h6-7,15H,4-5,8-14H2,1-3H3,(H,18,19);1H. The van der Waals surface area contributed by atoms with E-state index in [1.165, 1.54) is 18.0 Å². The minimum absolute atomic E-state index is 0. The van der Waals surface area contributed by atoms with Crippen molar-refractivity contribution in [1.29, 1.82) is 0 Å². The highest BCUT2D eigenvalue weighted by molar-refractivity contribution is 14.0. The second-order valence-corrected chi connectivity index (χ2v) is 6.76. The molecule has 1 fully saturated rings. The van der Waals surface area contributed by atoms with E-state index in [0.717, 1.165) is 51.8 Å². The van der Waals surface area contributed by atoms with Gasteiger partial charge in [-0.25, -0.2) is 0 Å². The molecule has 7 heteroatoms. The lowest BCUT2D eigenvalue weighted by Gasteiger charge is -2.37. The molecule has 0 atom stereocenters. The van der Waals surface area contributed by atoms with Gasteiger partial charge < -0.3 is 20.0 Å². The number of thiophene rings is 1. The molecule has 0 radical (unpaired) electrons. The van der Waals surface area contributed by atoms with E-state index in [4.69, 9.17) is 0 Å². The lowest BCUT2D eigenvalue weighted by Crippen LogP contribution is -2.53. The summed E-state index contributed by atoms with van der Waals surface area (Å²) in [6, 6.07) is 4.34. The molecule has 0 bridgehead atoms. The van der Waals surface area contributed by atoms with Crippen LogP contribution in [0.25, 0.3) is 0 Å². The number of guanidine groups is 1. The topological polar surface area (TPSA) is 34.1 Å². The smallest absolute Gasteiger partial charge is 0.193 e. The fourth-order valence-electron chi connectivity index (χ4n) is 2.99. The van der Waals surface area contributed by atoms with Gasteiger partial charge in [-0.2, -0.15) is 0 Å². The Morgan fingerprint density at radius 2 is 2.00 bits per heavy atom. The Morgan fingerprint density at radius 3 is 2.54 bits per heavy atom. The maximum atomic E-state index is 4.47. The maximum Gasteiger partial charge on any atom is 0.193 e. The number of anilines is 1. The van der Waals surface area contributed by atoms with Crippen molar-refractivity contribution in [3.63, 3.8) is 0 Å². The highest BCUT2D eigenvalue weighted by Gasteiger charge is 2.20. The van der Waals surface area contributed by atoms with E-state index in [1.54, 1.807) is 0 Å². The highest BCUT2D eigenvalue weighted by Crippen LogP contribution is 2.22. The van der Waals surface area contributed by atoms with Gasteiger partial charge in [-0.05, 0) is 37.0 Å². The van der Waals surface area contributed by atoms with E-state index in [2.05, 4.69) is 56.4 Å². The SMILES string of the molecule is CCCN(CC)CCNC(=NC)N1CCN(c2cccs2)CC1.I. The fraction of sp³-hybridized carbons (Fsp3) is 0.706. The summed E-state index contributed by atoms with van der Waals surface area (Å²) in [7, 11) is 1.89. The number of hydrogen-bond donors (Lipinski definition) is 1. The zero-order valence-corrected chi connectivity index (χ0v) is 18.3. The van der Waals surface area contributed by atoms with Gasteiger partial charge in [0.05, 0.1) is 5.00 Å². The summed E-state index contributed by atoms with van der Waals surface area (Å²) in [4.78, 5) is 11.8. The zero-order chi connectivity index (χ0) is 16.5. The van der Waals surface area contributed by atoms with Crippen LogP contribution in [-0.4, -0.2) is 75.2 Å². The Labute approximate surface area is 168 Å². The minimum Gasteiger partial charge on any atom is -0.360 e. The maximum absolute atomic E-state index is 4.47. The van der Waals surface area contributed by atoms with E-state index in [9.17, 15) is 0 Å². The van der Waals surface area contributed by atoms with Crippen molar-refractivity contribution < 1.29 is 0 Å². The summed E-state index contributed by atoms with van der Waals surface area (Å²) in [6.07, 6.45) is 1.22. The molecule has 0 aromatic carbocycles. The number of halogens is 1. The molecular weight excluding hydrogens is 433 g/mol. The first-order chi connectivity index (χ1) is 11.3. The van der Waals surface area contributed by atoms with Crippen LogP contribution >= 0.6 is 35.3 Å². The van der Waals surface area contributed by atoms with Crippen LogP contribution in [0, 0.1) is 0 Å². The van der Waals surface area contributed by atoms with Crippen molar-refractivity contribution in [3.05, 3.63) is 17.5 Å². The average molecular weight is 465 g/mol. The third kappa shape index (κ3) is 6.40. The molecule has 138 valence electrons. The van der Waals surface area contributed by atoms with Crippen LogP contribution in [0.2, 0.25) is 0 Å². The van der Waals surface area contributed by atoms with Gasteiger partial charge in [-0.1, -0.05) is 13.8 Å². The molecule has 5 nitrogen and oxygen atoms in total. The van der Waals surface area contributed by atoms with E-state index in [0.29, 0.717) is 0 Å². The van der Waals surface area contributed by atoms with Gasteiger partial charge in [0.1, 0.15) is 0 Å². The Hall–Kier alpha value is -0.540. The van der Waals surface area contributed by atoms with Crippen molar-refractivity contribution in [2.75, 3.05) is 64.3 Å². The molecular formula is C17H32IN5S. The summed E-state index contributed by atoms with van der Waals surface area (Å²) in [6.45, 7) is 13.0. The van der Waals surface area contributed by atoms with E-state index >= 15 is 0 Å². The Balaban J connectivity index is 0.00000288. The van der Waals surface area contributed by atoms with Crippen LogP contribution in [0.1, 0.15) is 20.3 Å². The lowest BCUT2D eigenvalue weighted by atomic mass is 10.3. The van der Waals surface area contributed by atoms with Crippen LogP contribution in [0.15, 0.2) is 22.5 Å². The summed E-state index contributed by atoms with van der Waals surface area (Å²) >= 11 is 1.83. The Morgan fingerprint density at radius 1 is 1.25 bits per heavy atom. The molecule has 0 aliphatic carbocycles. The van der Waals surface area contributed by atoms with E-state index in [1.807, 2.05) is 18.4 Å². The summed E-state index contributed by atoms with van der Waals surface area (Å²) < 4.78 is 0. The van der Waals surface area contributed by atoms with Crippen molar-refractivity contribution in [2.45, 2.75) is 20.3 Å². The molecule has 1 aromatic heterocycles. The summed E-state index contributed by atoms with van der Waals surface area (Å²) in [5.41, 5.74) is 0. The van der Waals surface area contributed by atoms with Crippen LogP contribution in [0.4, 0.5) is 5.00 Å². The number of piperazine rings is 1. The monoisotopic (exact) mass is 465 g/mol. The molecule has 0 spiro atoms. The predicted molar refractivity (Wildman–Crippen MR) is 117 cm³/mol. The second kappa shape index (κ2) is 11.9. The van der Waals surface area contributed by atoms with Gasteiger partial charge in [0, 0.05) is 46.3 Å². The largest absolute Gasteiger partial charge is 0.360 e. The Kier molecular flexibility index (Phi) is 10.7. The molecule has 1 saturated heterocycles. The van der Waals surface area contributed by atoms with Gasteiger partial charge in [0.15, 0.2) is 5.96 Å². The van der Waals surface area contributed by atoms with E-state index in [-0.39, 0.29) is 24.0 Å². The van der Waals surface area contributed by atoms with Gasteiger partial charge in [0.2, 0.25) is 0 Å². The van der Waals surface area contributed by atoms with Gasteiger partial charge in [0.25, 0.3) is 0 Å². The van der Waals surface area contributed by atoms with Gasteiger partial charge in [-0.3, -0.25) is 4.99 Å². The Bertz CT molecular complexity index is 458. The van der Waals surface area contributed by atoms with Gasteiger partial charge >= 0.3 is 0 Å². The number of nitrogens with zero attached hydrogens (tertiary/aromatic N) is 4. The number of likely N-dealkylation sites (N-methyl/N-ethyl adjacent to an activating group) is 1. The van der Waals surface area contributed by atoms with E-state index < -0.39 is 0 Å². The minimum atomic E-state index is 0. The normalized spacial score (nSPS) is 15.6. The first-order valence-corrected chi connectivity index (χ1v) is 9.62. The van der Waals surface area contributed by atoms with Crippen molar-refractivity contribution in [1.82, 2.24) is 15.1 Å². The van der Waals surface area contributed by atoms with Crippen molar-refractivity contribution in [3.8, 4) is 0 Å². The number of nitrogens with one attached hydrogen (secondary N) is 1. The zero-order valence-electron chi connectivity index (χ0n) is 15.2. The van der Waals surface area contributed by atoms with Crippen molar-refractivity contribution in [2.24, 2.45) is 4.99 Å². The van der Waals surface area contributed by atoms with Crippen LogP contribution < -0.4 is 10.2 Å². The summed E-state index contributed by atoms with van der Waals surface area (Å²) in [5.74, 6) is 1.04.